The normalized spacial score (nSPS) is 22.2. The predicted molar refractivity (Wildman–Crippen MR) is 123 cm³/mol. The van der Waals surface area contributed by atoms with Gasteiger partial charge in [0.2, 0.25) is 0 Å². The smallest absolute Gasteiger partial charge is 0.175 e. The number of benzene rings is 2. The predicted octanol–water partition coefficient (Wildman–Crippen LogP) is 4.61. The standard InChI is InChI=1S/C26H22F2N4O/c1-3-17-21(27)7-5-13-8-16(33)10-19(22(13)17)25-23(28)26-20(12-30-25)24(31-32(26)2)18-9-15-6-4-14(18)11-29-15/h1,5,7-8,10,12,14-15,18,29,33H,4,6,9,11H2,2H3. The van der Waals surface area contributed by atoms with Gasteiger partial charge >= 0.3 is 0 Å². The van der Waals surface area contributed by atoms with Crippen molar-refractivity contribution >= 4 is 21.7 Å². The van der Waals surface area contributed by atoms with E-state index in [1.807, 2.05) is 0 Å². The number of piperidine rings is 2. The van der Waals surface area contributed by atoms with Crippen LogP contribution < -0.4 is 5.32 Å². The zero-order chi connectivity index (χ0) is 22.9. The summed E-state index contributed by atoms with van der Waals surface area (Å²) in [5.74, 6) is 1.89. The van der Waals surface area contributed by atoms with Gasteiger partial charge in [-0.2, -0.15) is 5.10 Å². The first-order valence-corrected chi connectivity index (χ1v) is 11.1. The van der Waals surface area contributed by atoms with Crippen LogP contribution in [-0.4, -0.2) is 32.5 Å². The monoisotopic (exact) mass is 444 g/mol. The molecule has 4 heterocycles. The van der Waals surface area contributed by atoms with E-state index in [2.05, 4.69) is 16.2 Å². The van der Waals surface area contributed by atoms with Gasteiger partial charge < -0.3 is 10.4 Å². The fourth-order valence-corrected chi connectivity index (χ4v) is 5.78. The number of aromatic nitrogens is 3. The Hall–Kier alpha value is -3.50. The minimum absolute atomic E-state index is 0.00637. The molecule has 3 fully saturated rings. The van der Waals surface area contributed by atoms with Crippen molar-refractivity contribution in [1.29, 1.82) is 0 Å². The van der Waals surface area contributed by atoms with E-state index in [4.69, 9.17) is 11.5 Å². The lowest BCUT2D eigenvalue weighted by Crippen LogP contribution is -2.48. The van der Waals surface area contributed by atoms with Gasteiger partial charge in [-0.15, -0.1) is 6.42 Å². The molecule has 3 atom stereocenters. The molecule has 7 rings (SSSR count). The number of pyridine rings is 1. The highest BCUT2D eigenvalue weighted by molar-refractivity contribution is 6.02. The highest BCUT2D eigenvalue weighted by Crippen LogP contribution is 2.44. The molecule has 1 saturated carbocycles. The van der Waals surface area contributed by atoms with Crippen molar-refractivity contribution in [3.63, 3.8) is 0 Å². The number of aryl methyl sites for hydroxylation is 1. The molecule has 2 aromatic heterocycles. The number of hydrogen-bond donors (Lipinski definition) is 2. The van der Waals surface area contributed by atoms with Crippen molar-refractivity contribution < 1.29 is 13.9 Å². The fourth-order valence-electron chi connectivity index (χ4n) is 5.78. The molecular formula is C26H22F2N4O. The molecule has 0 spiro atoms. The van der Waals surface area contributed by atoms with E-state index in [1.54, 1.807) is 17.9 Å². The van der Waals surface area contributed by atoms with Gasteiger partial charge in [0, 0.05) is 41.5 Å². The Morgan fingerprint density at radius 1 is 1.24 bits per heavy atom. The average molecular weight is 444 g/mol. The number of hydrogen-bond acceptors (Lipinski definition) is 4. The molecule has 0 radical (unpaired) electrons. The molecule has 2 bridgehead atoms. The number of rotatable bonds is 2. The van der Waals surface area contributed by atoms with Crippen LogP contribution in [0.25, 0.3) is 32.9 Å². The van der Waals surface area contributed by atoms with Crippen molar-refractivity contribution in [1.82, 2.24) is 20.1 Å². The van der Waals surface area contributed by atoms with Gasteiger partial charge in [-0.25, -0.2) is 8.78 Å². The molecule has 2 aromatic carbocycles. The van der Waals surface area contributed by atoms with E-state index in [0.29, 0.717) is 33.6 Å². The van der Waals surface area contributed by atoms with Crippen LogP contribution in [0.4, 0.5) is 8.78 Å². The van der Waals surface area contributed by atoms with Crippen molar-refractivity contribution in [3.05, 3.63) is 53.4 Å². The van der Waals surface area contributed by atoms with Crippen LogP contribution in [0, 0.1) is 29.9 Å². The van der Waals surface area contributed by atoms with Gasteiger partial charge in [0.1, 0.15) is 22.8 Å². The lowest BCUT2D eigenvalue weighted by Gasteiger charge is -2.42. The average Bonchev–Trinajstić information content (AvgIpc) is 3.17. The Kier molecular flexibility index (Phi) is 4.43. The molecule has 3 unspecified atom stereocenters. The summed E-state index contributed by atoms with van der Waals surface area (Å²) in [7, 11) is 1.73. The maximum Gasteiger partial charge on any atom is 0.175 e. The molecule has 166 valence electrons. The number of halogens is 2. The van der Waals surface area contributed by atoms with E-state index < -0.39 is 11.6 Å². The largest absolute Gasteiger partial charge is 0.508 e. The van der Waals surface area contributed by atoms with Crippen LogP contribution in [0.1, 0.15) is 36.4 Å². The quantitative estimate of drug-likeness (QED) is 0.444. The lowest BCUT2D eigenvalue weighted by atomic mass is 9.71. The number of aromatic hydroxyl groups is 1. The number of nitrogens with zero attached hydrogens (tertiary/aromatic N) is 3. The molecule has 2 aliphatic heterocycles. The summed E-state index contributed by atoms with van der Waals surface area (Å²) < 4.78 is 32.1. The topological polar surface area (TPSA) is 63.0 Å². The van der Waals surface area contributed by atoms with Gasteiger partial charge in [0.15, 0.2) is 5.82 Å². The summed E-state index contributed by atoms with van der Waals surface area (Å²) in [5.41, 5.74) is 1.50. The van der Waals surface area contributed by atoms with Gasteiger partial charge in [-0.05, 0) is 55.3 Å². The van der Waals surface area contributed by atoms with Crippen LogP contribution in [0.15, 0.2) is 30.5 Å². The number of phenols is 1. The maximum absolute atomic E-state index is 16.0. The molecule has 3 aliphatic rings. The Labute approximate surface area is 189 Å². The van der Waals surface area contributed by atoms with E-state index in [-0.39, 0.29) is 28.5 Å². The number of nitrogens with one attached hydrogen (secondary N) is 1. The van der Waals surface area contributed by atoms with E-state index in [9.17, 15) is 9.50 Å². The Morgan fingerprint density at radius 2 is 2.09 bits per heavy atom. The third kappa shape index (κ3) is 2.94. The minimum atomic E-state index is -0.581. The molecule has 7 heteroatoms. The summed E-state index contributed by atoms with van der Waals surface area (Å²) in [4.78, 5) is 4.46. The Morgan fingerprint density at radius 3 is 2.79 bits per heavy atom. The lowest BCUT2D eigenvalue weighted by molar-refractivity contribution is 0.178. The third-order valence-corrected chi connectivity index (χ3v) is 7.32. The molecule has 1 aliphatic carbocycles. The first-order chi connectivity index (χ1) is 16.0. The van der Waals surface area contributed by atoms with Crippen LogP contribution in [0.5, 0.6) is 5.75 Å². The molecule has 2 saturated heterocycles. The molecular weight excluding hydrogens is 422 g/mol. The second-order valence-electron chi connectivity index (χ2n) is 9.13. The van der Waals surface area contributed by atoms with E-state index in [0.717, 1.165) is 25.1 Å². The van der Waals surface area contributed by atoms with Gasteiger partial charge in [0.05, 0.1) is 11.3 Å². The maximum atomic E-state index is 16.0. The van der Waals surface area contributed by atoms with Gasteiger partial charge in [-0.3, -0.25) is 9.67 Å². The third-order valence-electron chi connectivity index (χ3n) is 7.32. The summed E-state index contributed by atoms with van der Waals surface area (Å²) in [6.45, 7) is 0.955. The molecule has 5 nitrogen and oxygen atoms in total. The number of fused-ring (bicyclic) bond motifs is 5. The van der Waals surface area contributed by atoms with Crippen LogP contribution in [0.3, 0.4) is 0 Å². The van der Waals surface area contributed by atoms with Gasteiger partial charge in [-0.1, -0.05) is 12.0 Å². The minimum Gasteiger partial charge on any atom is -0.508 e. The number of terminal acetylenes is 1. The van der Waals surface area contributed by atoms with Crippen molar-refractivity contribution in [2.45, 2.75) is 31.2 Å². The van der Waals surface area contributed by atoms with E-state index in [1.165, 1.54) is 30.7 Å². The summed E-state index contributed by atoms with van der Waals surface area (Å²) >= 11 is 0. The zero-order valence-corrected chi connectivity index (χ0v) is 18.1. The van der Waals surface area contributed by atoms with Gasteiger partial charge in [0.25, 0.3) is 0 Å². The van der Waals surface area contributed by atoms with E-state index >= 15 is 4.39 Å². The second-order valence-corrected chi connectivity index (χ2v) is 9.13. The fraction of sp³-hybridized carbons (Fsp3) is 0.308. The molecule has 0 amide bonds. The van der Waals surface area contributed by atoms with Crippen molar-refractivity contribution in [2.24, 2.45) is 13.0 Å². The second kappa shape index (κ2) is 7.26. The summed E-state index contributed by atoms with van der Waals surface area (Å²) in [6, 6.07) is 6.09. The van der Waals surface area contributed by atoms with Crippen molar-refractivity contribution in [2.75, 3.05) is 6.54 Å². The molecule has 2 N–H and O–H groups in total. The highest BCUT2D eigenvalue weighted by atomic mass is 19.1. The van der Waals surface area contributed by atoms with Crippen molar-refractivity contribution in [3.8, 4) is 29.4 Å². The summed E-state index contributed by atoms with van der Waals surface area (Å²) in [6.07, 6.45) is 10.5. The first-order valence-electron chi connectivity index (χ1n) is 11.1. The Bertz CT molecular complexity index is 1480. The van der Waals surface area contributed by atoms with Crippen LogP contribution in [-0.2, 0) is 7.05 Å². The Balaban J connectivity index is 1.58. The number of phenolic OH excluding ortho intramolecular Hbond substituents is 1. The molecule has 4 aromatic rings. The highest BCUT2D eigenvalue weighted by Gasteiger charge is 2.38. The van der Waals surface area contributed by atoms with Crippen LogP contribution >= 0.6 is 0 Å². The SMILES string of the molecule is C#Cc1c(F)ccc2cc(O)cc(-c3ncc4c(C5CC6CCC5CN6)nn(C)c4c3F)c12. The summed E-state index contributed by atoms with van der Waals surface area (Å²) in [5, 5.41) is 20.1. The first kappa shape index (κ1) is 20.1. The van der Waals surface area contributed by atoms with Crippen LogP contribution in [0.2, 0.25) is 0 Å². The molecule has 33 heavy (non-hydrogen) atoms. The zero-order valence-electron chi connectivity index (χ0n) is 18.1.